The first-order valence-electron chi connectivity index (χ1n) is 5.38. The van der Waals surface area contributed by atoms with Gasteiger partial charge in [0.2, 0.25) is 0 Å². The smallest absolute Gasteiger partial charge is 0.408 e. The summed E-state index contributed by atoms with van der Waals surface area (Å²) < 4.78 is 9.40. The molecule has 0 radical (unpaired) electrons. The maximum Gasteiger partial charge on any atom is 0.408 e. The molecule has 98 valence electrons. The molecule has 1 amide bonds. The summed E-state index contributed by atoms with van der Waals surface area (Å²) in [5.74, 6) is -0.532. The number of esters is 1. The fourth-order valence-corrected chi connectivity index (χ4v) is 1.29. The molecule has 0 saturated heterocycles. The Morgan fingerprint density at radius 1 is 1.44 bits per heavy atom. The molecule has 18 heavy (non-hydrogen) atoms. The van der Waals surface area contributed by atoms with Gasteiger partial charge in [-0.15, -0.1) is 0 Å². The van der Waals surface area contributed by atoms with Crippen LogP contribution in [0.3, 0.4) is 0 Å². The number of benzene rings is 1. The van der Waals surface area contributed by atoms with Crippen LogP contribution in [0.1, 0.15) is 12.5 Å². The quantitative estimate of drug-likeness (QED) is 0.617. The largest absolute Gasteiger partial charge is 0.467 e. The van der Waals surface area contributed by atoms with E-state index < -0.39 is 18.1 Å². The van der Waals surface area contributed by atoms with Crippen LogP contribution < -0.4 is 11.1 Å². The first-order valence-corrected chi connectivity index (χ1v) is 5.38. The van der Waals surface area contributed by atoms with Crippen LogP contribution in [0.2, 0.25) is 0 Å². The number of alkyl carbamates (subject to hydrolysis) is 1. The maximum absolute atomic E-state index is 11.4. The molecule has 3 N–H and O–H groups in total. The number of nitrogens with one attached hydrogen (secondary N) is 1. The summed E-state index contributed by atoms with van der Waals surface area (Å²) in [6.07, 6.45) is -0.685. The van der Waals surface area contributed by atoms with E-state index in [1.165, 1.54) is 14.0 Å². The number of hydrogen-bond acceptors (Lipinski definition) is 5. The molecule has 0 aliphatic heterocycles. The molecule has 1 rings (SSSR count). The third-order valence-electron chi connectivity index (χ3n) is 2.21. The van der Waals surface area contributed by atoms with Crippen LogP contribution >= 0.6 is 0 Å². The lowest BCUT2D eigenvalue weighted by Crippen LogP contribution is -2.39. The molecule has 1 aromatic carbocycles. The zero-order valence-electron chi connectivity index (χ0n) is 10.3. The molecule has 0 aromatic heterocycles. The average molecular weight is 252 g/mol. The third kappa shape index (κ3) is 4.32. The lowest BCUT2D eigenvalue weighted by atomic mass is 10.2. The van der Waals surface area contributed by atoms with Crippen LogP contribution in [0.25, 0.3) is 0 Å². The highest BCUT2D eigenvalue weighted by Gasteiger charge is 2.16. The Morgan fingerprint density at radius 2 is 2.17 bits per heavy atom. The van der Waals surface area contributed by atoms with Crippen molar-refractivity contribution in [1.29, 1.82) is 0 Å². The molecular formula is C12H16N2O4. The Bertz CT molecular complexity index is 434. The number of ether oxygens (including phenoxy) is 2. The van der Waals surface area contributed by atoms with E-state index in [1.54, 1.807) is 24.3 Å². The van der Waals surface area contributed by atoms with E-state index in [9.17, 15) is 9.59 Å². The molecule has 6 heteroatoms. The number of rotatable bonds is 4. The zero-order chi connectivity index (χ0) is 13.5. The Hall–Kier alpha value is -2.24. The molecule has 1 aromatic rings. The van der Waals surface area contributed by atoms with Gasteiger partial charge >= 0.3 is 12.1 Å². The Balaban J connectivity index is 2.40. The van der Waals surface area contributed by atoms with Gasteiger partial charge in [-0.05, 0) is 24.6 Å². The number of amides is 1. The van der Waals surface area contributed by atoms with E-state index in [0.29, 0.717) is 5.69 Å². The van der Waals surface area contributed by atoms with Crippen molar-refractivity contribution < 1.29 is 19.1 Å². The van der Waals surface area contributed by atoms with Crippen molar-refractivity contribution >= 4 is 17.7 Å². The number of carbonyl (C=O) groups excluding carboxylic acids is 2. The standard InChI is InChI=1S/C12H16N2O4/c1-8(11(15)17-2)14-12(16)18-7-9-4-3-5-10(13)6-9/h3-6,8H,7,13H2,1-2H3,(H,14,16)/t8-/m0/s1. The summed E-state index contributed by atoms with van der Waals surface area (Å²) in [5.41, 5.74) is 6.96. The number of carbonyl (C=O) groups is 2. The number of methoxy groups -OCH3 is 1. The second kappa shape index (κ2) is 6.48. The summed E-state index contributed by atoms with van der Waals surface area (Å²) >= 11 is 0. The van der Waals surface area contributed by atoms with Crippen LogP contribution in [-0.4, -0.2) is 25.2 Å². The van der Waals surface area contributed by atoms with E-state index in [-0.39, 0.29) is 6.61 Å². The fourth-order valence-electron chi connectivity index (χ4n) is 1.29. The third-order valence-corrected chi connectivity index (χ3v) is 2.21. The summed E-state index contributed by atoms with van der Waals surface area (Å²) in [4.78, 5) is 22.4. The lowest BCUT2D eigenvalue weighted by Gasteiger charge is -2.11. The van der Waals surface area contributed by atoms with Gasteiger partial charge < -0.3 is 20.5 Å². The van der Waals surface area contributed by atoms with Crippen molar-refractivity contribution in [1.82, 2.24) is 5.32 Å². The molecule has 0 heterocycles. The molecule has 6 nitrogen and oxygen atoms in total. The highest BCUT2D eigenvalue weighted by Crippen LogP contribution is 2.07. The number of hydrogen-bond donors (Lipinski definition) is 2. The van der Waals surface area contributed by atoms with Gasteiger partial charge in [0.15, 0.2) is 0 Å². The van der Waals surface area contributed by atoms with E-state index in [0.717, 1.165) is 5.56 Å². The molecule has 0 spiro atoms. The molecule has 0 unspecified atom stereocenters. The maximum atomic E-state index is 11.4. The highest BCUT2D eigenvalue weighted by molar-refractivity contribution is 5.80. The first-order chi connectivity index (χ1) is 8.52. The molecule has 0 fully saturated rings. The van der Waals surface area contributed by atoms with Gasteiger partial charge in [-0.2, -0.15) is 0 Å². The van der Waals surface area contributed by atoms with E-state index in [1.807, 2.05) is 0 Å². The summed E-state index contributed by atoms with van der Waals surface area (Å²) in [6, 6.07) is 6.25. The number of nitrogens with two attached hydrogens (primary N) is 1. The molecule has 0 bridgehead atoms. The van der Waals surface area contributed by atoms with Crippen molar-refractivity contribution in [3.05, 3.63) is 29.8 Å². The van der Waals surface area contributed by atoms with Gasteiger partial charge in [0.05, 0.1) is 7.11 Å². The van der Waals surface area contributed by atoms with Crippen LogP contribution in [-0.2, 0) is 20.9 Å². The molecule has 1 atom stereocenters. The molecular weight excluding hydrogens is 236 g/mol. The SMILES string of the molecule is COC(=O)[C@H](C)NC(=O)OCc1cccc(N)c1. The normalized spacial score (nSPS) is 11.4. The van der Waals surface area contributed by atoms with Gasteiger partial charge in [-0.1, -0.05) is 12.1 Å². The average Bonchev–Trinajstić information content (AvgIpc) is 2.35. The van der Waals surface area contributed by atoms with Gasteiger partial charge in [0.25, 0.3) is 0 Å². The van der Waals surface area contributed by atoms with Crippen molar-refractivity contribution in [2.24, 2.45) is 0 Å². The summed E-state index contributed by atoms with van der Waals surface area (Å²) in [5, 5.41) is 2.35. The minimum Gasteiger partial charge on any atom is -0.467 e. The summed E-state index contributed by atoms with van der Waals surface area (Å²) in [6.45, 7) is 1.60. The predicted molar refractivity (Wildman–Crippen MR) is 65.7 cm³/mol. The molecule has 0 aliphatic rings. The number of anilines is 1. The Labute approximate surface area is 105 Å². The highest BCUT2D eigenvalue weighted by atomic mass is 16.6. The lowest BCUT2D eigenvalue weighted by molar-refractivity contribution is -0.142. The van der Waals surface area contributed by atoms with Gasteiger partial charge in [-0.25, -0.2) is 9.59 Å². The van der Waals surface area contributed by atoms with Crippen molar-refractivity contribution in [3.63, 3.8) is 0 Å². The molecule has 0 saturated carbocycles. The first kappa shape index (κ1) is 13.8. The van der Waals surface area contributed by atoms with Crippen LogP contribution in [0, 0.1) is 0 Å². The topological polar surface area (TPSA) is 90.6 Å². The minimum absolute atomic E-state index is 0.0881. The van der Waals surface area contributed by atoms with E-state index in [4.69, 9.17) is 10.5 Å². The Kier molecular flexibility index (Phi) is 4.98. The van der Waals surface area contributed by atoms with Gasteiger partial charge in [0.1, 0.15) is 12.6 Å². The minimum atomic E-state index is -0.747. The van der Waals surface area contributed by atoms with Crippen LogP contribution in [0.5, 0.6) is 0 Å². The second-order valence-electron chi connectivity index (χ2n) is 3.71. The molecule has 0 aliphatic carbocycles. The van der Waals surface area contributed by atoms with Crippen LogP contribution in [0.4, 0.5) is 10.5 Å². The predicted octanol–water partition coefficient (Wildman–Crippen LogP) is 1.06. The van der Waals surface area contributed by atoms with Gasteiger partial charge in [-0.3, -0.25) is 0 Å². The zero-order valence-corrected chi connectivity index (χ0v) is 10.3. The summed E-state index contributed by atoms with van der Waals surface area (Å²) in [7, 11) is 1.25. The second-order valence-corrected chi connectivity index (χ2v) is 3.71. The monoisotopic (exact) mass is 252 g/mol. The van der Waals surface area contributed by atoms with Crippen molar-refractivity contribution in [3.8, 4) is 0 Å². The van der Waals surface area contributed by atoms with Crippen molar-refractivity contribution in [2.45, 2.75) is 19.6 Å². The fraction of sp³-hybridized carbons (Fsp3) is 0.333. The van der Waals surface area contributed by atoms with E-state index in [2.05, 4.69) is 10.1 Å². The Morgan fingerprint density at radius 3 is 2.78 bits per heavy atom. The van der Waals surface area contributed by atoms with Crippen molar-refractivity contribution in [2.75, 3.05) is 12.8 Å². The van der Waals surface area contributed by atoms with Crippen LogP contribution in [0.15, 0.2) is 24.3 Å². The number of nitrogen functional groups attached to an aromatic ring is 1. The van der Waals surface area contributed by atoms with Gasteiger partial charge in [0, 0.05) is 5.69 Å². The van der Waals surface area contributed by atoms with E-state index >= 15 is 0 Å².